The maximum Gasteiger partial charge on any atom is 0.00445 e. The SMILES string of the molecule is CCC(C)(CNCC(C)C)CN(C)CC1CCN(C)C1. The zero-order valence-corrected chi connectivity index (χ0v) is 14.7. The van der Waals surface area contributed by atoms with Crippen LogP contribution in [0.1, 0.15) is 40.5 Å². The van der Waals surface area contributed by atoms with Crippen LogP contribution in [0.2, 0.25) is 0 Å². The van der Waals surface area contributed by atoms with Crippen LogP contribution in [0.15, 0.2) is 0 Å². The summed E-state index contributed by atoms with van der Waals surface area (Å²) in [6, 6.07) is 0. The van der Waals surface area contributed by atoms with Crippen molar-refractivity contribution < 1.29 is 0 Å². The van der Waals surface area contributed by atoms with Crippen molar-refractivity contribution in [1.82, 2.24) is 15.1 Å². The second-order valence-electron chi connectivity index (χ2n) is 7.80. The van der Waals surface area contributed by atoms with Gasteiger partial charge in [0, 0.05) is 26.2 Å². The van der Waals surface area contributed by atoms with Gasteiger partial charge >= 0.3 is 0 Å². The van der Waals surface area contributed by atoms with E-state index in [9.17, 15) is 0 Å². The molecular formula is C17H37N3. The standard InChI is InChI=1S/C17H37N3/c1-7-17(4,13-18-10-15(2)3)14-20(6)12-16-8-9-19(5)11-16/h15-16,18H,7-14H2,1-6H3. The summed E-state index contributed by atoms with van der Waals surface area (Å²) in [4.78, 5) is 5.02. The van der Waals surface area contributed by atoms with Gasteiger partial charge in [-0.3, -0.25) is 0 Å². The quantitative estimate of drug-likeness (QED) is 0.701. The van der Waals surface area contributed by atoms with Crippen molar-refractivity contribution in [3.8, 4) is 0 Å². The topological polar surface area (TPSA) is 18.5 Å². The molecule has 0 aromatic carbocycles. The molecule has 20 heavy (non-hydrogen) atoms. The Morgan fingerprint density at radius 3 is 2.60 bits per heavy atom. The second-order valence-corrected chi connectivity index (χ2v) is 7.80. The largest absolute Gasteiger partial charge is 0.316 e. The average molecular weight is 284 g/mol. The molecule has 0 aromatic rings. The second kappa shape index (κ2) is 8.35. The maximum atomic E-state index is 3.65. The van der Waals surface area contributed by atoms with Crippen LogP contribution < -0.4 is 5.32 Å². The van der Waals surface area contributed by atoms with E-state index in [0.29, 0.717) is 5.41 Å². The van der Waals surface area contributed by atoms with Crippen LogP contribution in [0, 0.1) is 17.3 Å². The van der Waals surface area contributed by atoms with E-state index in [1.807, 2.05) is 0 Å². The summed E-state index contributed by atoms with van der Waals surface area (Å²) >= 11 is 0. The molecule has 3 heteroatoms. The Bertz CT molecular complexity index is 267. The molecule has 0 bridgehead atoms. The van der Waals surface area contributed by atoms with Gasteiger partial charge in [0.2, 0.25) is 0 Å². The molecule has 1 aliphatic heterocycles. The van der Waals surface area contributed by atoms with Crippen molar-refractivity contribution in [2.24, 2.45) is 17.3 Å². The molecule has 1 N–H and O–H groups in total. The van der Waals surface area contributed by atoms with Crippen LogP contribution in [0.25, 0.3) is 0 Å². The first kappa shape index (κ1) is 17.9. The number of hydrogen-bond donors (Lipinski definition) is 1. The highest BCUT2D eigenvalue weighted by molar-refractivity contribution is 4.81. The van der Waals surface area contributed by atoms with Crippen LogP contribution in [0.3, 0.4) is 0 Å². The molecule has 3 nitrogen and oxygen atoms in total. The minimum absolute atomic E-state index is 0.397. The van der Waals surface area contributed by atoms with Gasteiger partial charge < -0.3 is 15.1 Å². The predicted octanol–water partition coefficient (Wildman–Crippen LogP) is 2.53. The van der Waals surface area contributed by atoms with Crippen molar-refractivity contribution in [3.05, 3.63) is 0 Å². The van der Waals surface area contributed by atoms with Crippen molar-refractivity contribution in [1.29, 1.82) is 0 Å². The first-order chi connectivity index (χ1) is 9.34. The predicted molar refractivity (Wildman–Crippen MR) is 89.2 cm³/mol. The summed E-state index contributed by atoms with van der Waals surface area (Å²) in [5.41, 5.74) is 0.397. The molecule has 0 radical (unpaired) electrons. The Kier molecular flexibility index (Phi) is 7.49. The highest BCUT2D eigenvalue weighted by atomic mass is 15.2. The van der Waals surface area contributed by atoms with E-state index >= 15 is 0 Å². The van der Waals surface area contributed by atoms with Crippen molar-refractivity contribution in [2.75, 3.05) is 53.4 Å². The van der Waals surface area contributed by atoms with Gasteiger partial charge in [0.25, 0.3) is 0 Å². The van der Waals surface area contributed by atoms with Gasteiger partial charge in [-0.1, -0.05) is 27.7 Å². The van der Waals surface area contributed by atoms with Gasteiger partial charge in [-0.15, -0.1) is 0 Å². The van der Waals surface area contributed by atoms with E-state index in [0.717, 1.165) is 24.9 Å². The third-order valence-corrected chi connectivity index (χ3v) is 4.67. The van der Waals surface area contributed by atoms with E-state index in [-0.39, 0.29) is 0 Å². The number of nitrogens with zero attached hydrogens (tertiary/aromatic N) is 2. The van der Waals surface area contributed by atoms with Crippen LogP contribution in [0.5, 0.6) is 0 Å². The summed E-state index contributed by atoms with van der Waals surface area (Å²) in [6.07, 6.45) is 2.61. The summed E-state index contributed by atoms with van der Waals surface area (Å²) in [5, 5.41) is 3.65. The van der Waals surface area contributed by atoms with E-state index < -0.39 is 0 Å². The lowest BCUT2D eigenvalue weighted by atomic mass is 9.86. The fourth-order valence-electron chi connectivity index (χ4n) is 3.29. The normalized spacial score (nSPS) is 23.7. The van der Waals surface area contributed by atoms with Gasteiger partial charge in [-0.05, 0) is 57.3 Å². The minimum Gasteiger partial charge on any atom is -0.316 e. The maximum absolute atomic E-state index is 3.65. The lowest BCUT2D eigenvalue weighted by molar-refractivity contribution is 0.162. The van der Waals surface area contributed by atoms with E-state index in [4.69, 9.17) is 0 Å². The highest BCUT2D eigenvalue weighted by Crippen LogP contribution is 2.23. The number of hydrogen-bond acceptors (Lipinski definition) is 3. The molecule has 0 saturated carbocycles. The molecule has 0 aliphatic carbocycles. The number of nitrogens with one attached hydrogen (secondary N) is 1. The van der Waals surface area contributed by atoms with Gasteiger partial charge in [0.15, 0.2) is 0 Å². The Morgan fingerprint density at radius 2 is 2.10 bits per heavy atom. The van der Waals surface area contributed by atoms with E-state index in [1.54, 1.807) is 0 Å². The van der Waals surface area contributed by atoms with E-state index in [1.165, 1.54) is 39.0 Å². The molecule has 1 rings (SSSR count). The van der Waals surface area contributed by atoms with Crippen LogP contribution >= 0.6 is 0 Å². The minimum atomic E-state index is 0.397. The molecule has 1 heterocycles. The molecule has 0 spiro atoms. The lowest BCUT2D eigenvalue weighted by Gasteiger charge is -2.34. The van der Waals surface area contributed by atoms with Crippen LogP contribution in [0.4, 0.5) is 0 Å². The molecule has 0 aromatic heterocycles. The number of likely N-dealkylation sites (tertiary alicyclic amines) is 1. The van der Waals surface area contributed by atoms with Gasteiger partial charge in [-0.2, -0.15) is 0 Å². The lowest BCUT2D eigenvalue weighted by Crippen LogP contribution is -2.43. The van der Waals surface area contributed by atoms with Gasteiger partial charge in [0.05, 0.1) is 0 Å². The molecule has 1 saturated heterocycles. The summed E-state index contributed by atoms with van der Waals surface area (Å²) in [6.45, 7) is 16.6. The molecular weight excluding hydrogens is 246 g/mol. The smallest absolute Gasteiger partial charge is 0.00445 e. The monoisotopic (exact) mass is 283 g/mol. The molecule has 1 aliphatic rings. The van der Waals surface area contributed by atoms with Crippen molar-refractivity contribution >= 4 is 0 Å². The van der Waals surface area contributed by atoms with Gasteiger partial charge in [-0.25, -0.2) is 0 Å². The highest BCUT2D eigenvalue weighted by Gasteiger charge is 2.26. The third-order valence-electron chi connectivity index (χ3n) is 4.67. The average Bonchev–Trinajstić information content (AvgIpc) is 2.73. The summed E-state index contributed by atoms with van der Waals surface area (Å²) < 4.78 is 0. The Balaban J connectivity index is 2.33. The molecule has 2 unspecified atom stereocenters. The fraction of sp³-hybridized carbons (Fsp3) is 1.00. The van der Waals surface area contributed by atoms with Crippen molar-refractivity contribution in [3.63, 3.8) is 0 Å². The fourth-order valence-corrected chi connectivity index (χ4v) is 3.29. The summed E-state index contributed by atoms with van der Waals surface area (Å²) in [7, 11) is 4.54. The Morgan fingerprint density at radius 1 is 1.40 bits per heavy atom. The zero-order valence-electron chi connectivity index (χ0n) is 14.7. The van der Waals surface area contributed by atoms with Gasteiger partial charge in [0.1, 0.15) is 0 Å². The molecule has 120 valence electrons. The Labute approximate surface area is 127 Å². The zero-order chi connectivity index (χ0) is 15.2. The van der Waals surface area contributed by atoms with Crippen molar-refractivity contribution in [2.45, 2.75) is 40.5 Å². The Hall–Kier alpha value is -0.120. The summed E-state index contributed by atoms with van der Waals surface area (Å²) in [5.74, 6) is 1.61. The molecule has 2 atom stereocenters. The molecule has 1 fully saturated rings. The van der Waals surface area contributed by atoms with Crippen LogP contribution in [-0.4, -0.2) is 63.2 Å². The van der Waals surface area contributed by atoms with Crippen LogP contribution in [-0.2, 0) is 0 Å². The first-order valence-corrected chi connectivity index (χ1v) is 8.42. The number of rotatable bonds is 9. The first-order valence-electron chi connectivity index (χ1n) is 8.42. The molecule has 0 amide bonds. The van der Waals surface area contributed by atoms with E-state index in [2.05, 4.69) is 56.9 Å². The third kappa shape index (κ3) is 6.55.